The molecule has 30 heavy (non-hydrogen) atoms. The Morgan fingerprint density at radius 1 is 1.17 bits per heavy atom. The van der Waals surface area contributed by atoms with E-state index in [1.54, 1.807) is 49.0 Å². The Bertz CT molecular complexity index is 1130. The minimum Gasteiger partial charge on any atom is -0.497 e. The van der Waals surface area contributed by atoms with Crippen LogP contribution in [0.25, 0.3) is 0 Å². The number of aromatic nitrogens is 4. The van der Waals surface area contributed by atoms with Gasteiger partial charge in [0, 0.05) is 16.8 Å². The Labute approximate surface area is 177 Å². The molecular weight excluding hydrogens is 408 g/mol. The second kappa shape index (κ2) is 8.03. The van der Waals surface area contributed by atoms with E-state index in [1.807, 2.05) is 12.1 Å². The van der Waals surface area contributed by atoms with E-state index in [1.165, 1.54) is 7.11 Å². The molecule has 2 aromatic carbocycles. The van der Waals surface area contributed by atoms with Gasteiger partial charge in [-0.1, -0.05) is 28.8 Å². The second-order valence-electron chi connectivity index (χ2n) is 6.59. The molecular formula is C20H19ClN6O3. The van der Waals surface area contributed by atoms with Gasteiger partial charge in [-0.05, 0) is 47.2 Å². The third-order valence-electron chi connectivity index (χ3n) is 4.80. The predicted molar refractivity (Wildman–Crippen MR) is 112 cm³/mol. The van der Waals surface area contributed by atoms with Gasteiger partial charge in [0.1, 0.15) is 17.5 Å². The number of ether oxygens (including phenoxy) is 2. The van der Waals surface area contributed by atoms with Crippen LogP contribution in [-0.4, -0.2) is 40.3 Å². The minimum atomic E-state index is -0.537. The number of carbonyl (C=O) groups is 1. The summed E-state index contributed by atoms with van der Waals surface area (Å²) in [6.07, 6.45) is 0. The average molecular weight is 427 g/mol. The molecule has 0 fully saturated rings. The van der Waals surface area contributed by atoms with Crippen LogP contribution in [0.5, 0.6) is 11.5 Å². The molecule has 154 valence electrons. The van der Waals surface area contributed by atoms with Crippen LogP contribution in [0.1, 0.15) is 18.5 Å². The van der Waals surface area contributed by atoms with E-state index in [2.05, 4.69) is 26.2 Å². The Morgan fingerprint density at radius 2 is 1.93 bits per heavy atom. The summed E-state index contributed by atoms with van der Waals surface area (Å²) in [6, 6.07) is 11.9. The molecule has 1 atom stereocenters. The highest BCUT2D eigenvalue weighted by atomic mass is 35.5. The van der Waals surface area contributed by atoms with Gasteiger partial charge in [-0.25, -0.2) is 0 Å². The van der Waals surface area contributed by atoms with Crippen molar-refractivity contribution in [3.8, 4) is 11.5 Å². The van der Waals surface area contributed by atoms with Crippen LogP contribution in [0, 0.1) is 0 Å². The Hall–Kier alpha value is -3.59. The number of rotatable bonds is 5. The van der Waals surface area contributed by atoms with Crippen molar-refractivity contribution in [3.63, 3.8) is 0 Å². The van der Waals surface area contributed by atoms with Crippen molar-refractivity contribution in [2.24, 2.45) is 0 Å². The first-order chi connectivity index (χ1) is 14.5. The Kier molecular flexibility index (Phi) is 5.28. The van der Waals surface area contributed by atoms with Gasteiger partial charge in [0.05, 0.1) is 25.5 Å². The van der Waals surface area contributed by atoms with Crippen molar-refractivity contribution in [1.82, 2.24) is 20.2 Å². The number of hydrogen-bond acceptors (Lipinski definition) is 7. The maximum Gasteiger partial charge on any atom is 0.255 e. The summed E-state index contributed by atoms with van der Waals surface area (Å²) in [6.45, 7) is 1.80. The topological polar surface area (TPSA) is 103 Å². The van der Waals surface area contributed by atoms with E-state index < -0.39 is 6.04 Å². The van der Waals surface area contributed by atoms with Crippen LogP contribution in [-0.2, 0) is 4.79 Å². The normalized spacial score (nSPS) is 15.3. The number of nitrogens with one attached hydrogen (secondary N) is 2. The van der Waals surface area contributed by atoms with Crippen LogP contribution in [0.4, 0.5) is 11.6 Å². The van der Waals surface area contributed by atoms with Crippen LogP contribution >= 0.6 is 11.6 Å². The van der Waals surface area contributed by atoms with Gasteiger partial charge in [-0.15, -0.1) is 0 Å². The molecule has 2 heterocycles. The zero-order valence-corrected chi connectivity index (χ0v) is 17.3. The lowest BCUT2D eigenvalue weighted by atomic mass is 9.95. The van der Waals surface area contributed by atoms with E-state index in [-0.39, 0.29) is 5.91 Å². The third-order valence-corrected chi connectivity index (χ3v) is 5.05. The third kappa shape index (κ3) is 3.55. The molecule has 0 radical (unpaired) electrons. The average Bonchev–Trinajstić information content (AvgIpc) is 3.21. The molecule has 0 bridgehead atoms. The van der Waals surface area contributed by atoms with Crippen LogP contribution in [0.3, 0.4) is 0 Å². The summed E-state index contributed by atoms with van der Waals surface area (Å²) >= 11 is 6.05. The minimum absolute atomic E-state index is 0.326. The molecule has 1 aliphatic rings. The summed E-state index contributed by atoms with van der Waals surface area (Å²) in [5.74, 6) is 1.23. The smallest absolute Gasteiger partial charge is 0.255 e. The maximum atomic E-state index is 13.4. The molecule has 4 rings (SSSR count). The van der Waals surface area contributed by atoms with Crippen molar-refractivity contribution in [2.75, 3.05) is 24.9 Å². The number of tetrazole rings is 1. The highest BCUT2D eigenvalue weighted by molar-refractivity contribution is 6.30. The van der Waals surface area contributed by atoms with Crippen LogP contribution in [0.15, 0.2) is 53.7 Å². The fourth-order valence-electron chi connectivity index (χ4n) is 3.36. The van der Waals surface area contributed by atoms with Gasteiger partial charge in [-0.3, -0.25) is 4.79 Å². The SMILES string of the molecule is COc1ccc(OC)c(NC(=O)C2=C(C)Nc3nnnn3C2c2ccc(Cl)cc2)c1. The number of methoxy groups -OCH3 is 2. The van der Waals surface area contributed by atoms with Gasteiger partial charge in [0.15, 0.2) is 0 Å². The summed E-state index contributed by atoms with van der Waals surface area (Å²) in [4.78, 5) is 13.4. The summed E-state index contributed by atoms with van der Waals surface area (Å²) in [5.41, 5.74) is 2.40. The van der Waals surface area contributed by atoms with Crippen molar-refractivity contribution in [3.05, 3.63) is 64.3 Å². The summed E-state index contributed by atoms with van der Waals surface area (Å²) < 4.78 is 12.2. The number of carbonyl (C=O) groups excluding carboxylic acids is 1. The molecule has 0 spiro atoms. The van der Waals surface area contributed by atoms with Crippen LogP contribution in [0.2, 0.25) is 5.02 Å². The first-order valence-corrected chi connectivity index (χ1v) is 9.44. The summed E-state index contributed by atoms with van der Waals surface area (Å²) in [7, 11) is 3.09. The molecule has 2 N–H and O–H groups in total. The number of nitrogens with zero attached hydrogens (tertiary/aromatic N) is 4. The highest BCUT2D eigenvalue weighted by Crippen LogP contribution is 2.36. The molecule has 0 saturated carbocycles. The number of hydrogen-bond donors (Lipinski definition) is 2. The standard InChI is InChI=1S/C20H19ClN6O3/c1-11-17(19(28)23-15-10-14(29-2)8-9-16(15)30-3)18(12-4-6-13(21)7-5-12)27-20(22-11)24-25-26-27/h4-10,18H,1-3H3,(H,23,28)(H,22,24,26). The zero-order valence-electron chi connectivity index (χ0n) is 16.5. The van der Waals surface area contributed by atoms with E-state index in [4.69, 9.17) is 21.1 Å². The molecule has 0 saturated heterocycles. The predicted octanol–water partition coefficient (Wildman–Crippen LogP) is 3.27. The lowest BCUT2D eigenvalue weighted by Crippen LogP contribution is -2.31. The zero-order chi connectivity index (χ0) is 21.3. The fraction of sp³-hybridized carbons (Fsp3) is 0.200. The van der Waals surface area contributed by atoms with Crippen molar-refractivity contribution in [1.29, 1.82) is 0 Å². The Morgan fingerprint density at radius 3 is 2.63 bits per heavy atom. The molecule has 1 aromatic heterocycles. The van der Waals surface area contributed by atoms with E-state index in [0.717, 1.165) is 5.56 Å². The van der Waals surface area contributed by atoms with Gasteiger partial charge >= 0.3 is 0 Å². The van der Waals surface area contributed by atoms with Crippen molar-refractivity contribution >= 4 is 29.1 Å². The van der Waals surface area contributed by atoms with Crippen LogP contribution < -0.4 is 20.1 Å². The van der Waals surface area contributed by atoms with Gasteiger partial charge < -0.3 is 20.1 Å². The number of amides is 1. The van der Waals surface area contributed by atoms with E-state index in [0.29, 0.717) is 39.4 Å². The van der Waals surface area contributed by atoms with E-state index >= 15 is 0 Å². The molecule has 10 heteroatoms. The van der Waals surface area contributed by atoms with E-state index in [9.17, 15) is 4.79 Å². The van der Waals surface area contributed by atoms with Crippen molar-refractivity contribution < 1.29 is 14.3 Å². The fourth-order valence-corrected chi connectivity index (χ4v) is 3.49. The summed E-state index contributed by atoms with van der Waals surface area (Å²) in [5, 5.41) is 18.4. The van der Waals surface area contributed by atoms with Gasteiger partial charge in [-0.2, -0.15) is 4.68 Å². The molecule has 0 aliphatic carbocycles. The second-order valence-corrected chi connectivity index (χ2v) is 7.02. The first-order valence-electron chi connectivity index (χ1n) is 9.06. The lowest BCUT2D eigenvalue weighted by molar-refractivity contribution is -0.113. The maximum absolute atomic E-state index is 13.4. The van der Waals surface area contributed by atoms with Gasteiger partial charge in [0.2, 0.25) is 5.95 Å². The number of fused-ring (bicyclic) bond motifs is 1. The monoisotopic (exact) mass is 426 g/mol. The number of halogens is 1. The highest BCUT2D eigenvalue weighted by Gasteiger charge is 2.34. The number of allylic oxidation sites excluding steroid dienone is 1. The molecule has 3 aromatic rings. The van der Waals surface area contributed by atoms with Gasteiger partial charge in [0.25, 0.3) is 5.91 Å². The number of anilines is 2. The molecule has 9 nitrogen and oxygen atoms in total. The molecule has 1 unspecified atom stereocenters. The van der Waals surface area contributed by atoms with Crippen molar-refractivity contribution in [2.45, 2.75) is 13.0 Å². The molecule has 1 amide bonds. The number of benzene rings is 2. The Balaban J connectivity index is 1.75. The molecule has 1 aliphatic heterocycles. The first kappa shape index (κ1) is 19.7. The largest absolute Gasteiger partial charge is 0.497 e. The quantitative estimate of drug-likeness (QED) is 0.645. The lowest BCUT2D eigenvalue weighted by Gasteiger charge is -2.28.